The smallest absolute Gasteiger partial charge is 0.253 e. The minimum Gasteiger partial charge on any atom is -0.497 e. The van der Waals surface area contributed by atoms with Crippen LogP contribution in [0.3, 0.4) is 0 Å². The van der Waals surface area contributed by atoms with Gasteiger partial charge >= 0.3 is 0 Å². The fourth-order valence-electron chi connectivity index (χ4n) is 3.04. The highest BCUT2D eigenvalue weighted by molar-refractivity contribution is 5.98. The third-order valence-electron chi connectivity index (χ3n) is 4.64. The number of likely N-dealkylation sites (N-methyl/N-ethyl adjacent to an activating group) is 1. The number of rotatable bonds is 10. The van der Waals surface area contributed by atoms with Crippen molar-refractivity contribution >= 4 is 29.1 Å². The molecule has 0 bridgehead atoms. The van der Waals surface area contributed by atoms with Crippen LogP contribution in [0.1, 0.15) is 24.2 Å². The highest BCUT2D eigenvalue weighted by atomic mass is 16.5. The first-order valence-electron chi connectivity index (χ1n) is 10.2. The van der Waals surface area contributed by atoms with Crippen LogP contribution >= 0.6 is 0 Å². The average Bonchev–Trinajstić information content (AvgIpc) is 2.74. The van der Waals surface area contributed by atoms with Crippen LogP contribution in [0.25, 0.3) is 0 Å². The number of anilines is 2. The SMILES string of the molecule is CCN(CC)C(=O)c1cccc(NC(=O)CN(C)CC(=O)Nc2ccc(OC)cc2)c1. The van der Waals surface area contributed by atoms with Gasteiger partial charge in [-0.05, 0) is 63.4 Å². The minimum atomic E-state index is -0.271. The van der Waals surface area contributed by atoms with Crippen molar-refractivity contribution in [3.05, 3.63) is 54.1 Å². The van der Waals surface area contributed by atoms with Crippen molar-refractivity contribution in [1.29, 1.82) is 0 Å². The maximum absolute atomic E-state index is 12.5. The first kappa shape index (κ1) is 23.9. The van der Waals surface area contributed by atoms with Gasteiger partial charge < -0.3 is 20.3 Å². The summed E-state index contributed by atoms with van der Waals surface area (Å²) in [5.74, 6) is 0.127. The predicted octanol–water partition coefficient (Wildman–Crippen LogP) is 2.69. The summed E-state index contributed by atoms with van der Waals surface area (Å²) in [6.45, 7) is 5.18. The molecule has 0 aliphatic heterocycles. The average molecular weight is 427 g/mol. The van der Waals surface area contributed by atoms with Gasteiger partial charge in [-0.25, -0.2) is 0 Å². The zero-order valence-electron chi connectivity index (χ0n) is 18.5. The van der Waals surface area contributed by atoms with Gasteiger partial charge in [-0.1, -0.05) is 6.07 Å². The fraction of sp³-hybridized carbons (Fsp3) is 0.348. The molecule has 166 valence electrons. The van der Waals surface area contributed by atoms with Crippen LogP contribution in [0.15, 0.2) is 48.5 Å². The van der Waals surface area contributed by atoms with E-state index in [9.17, 15) is 14.4 Å². The zero-order valence-corrected chi connectivity index (χ0v) is 18.5. The number of hydrogen-bond donors (Lipinski definition) is 2. The molecule has 8 heteroatoms. The fourth-order valence-corrected chi connectivity index (χ4v) is 3.04. The summed E-state index contributed by atoms with van der Waals surface area (Å²) in [6.07, 6.45) is 0. The number of nitrogens with zero attached hydrogens (tertiary/aromatic N) is 2. The number of benzene rings is 2. The molecule has 2 N–H and O–H groups in total. The van der Waals surface area contributed by atoms with Gasteiger partial charge in [0.2, 0.25) is 11.8 Å². The second-order valence-corrected chi connectivity index (χ2v) is 7.06. The van der Waals surface area contributed by atoms with Gasteiger partial charge in [-0.2, -0.15) is 0 Å². The van der Waals surface area contributed by atoms with Crippen LogP contribution < -0.4 is 15.4 Å². The van der Waals surface area contributed by atoms with Crippen molar-refractivity contribution in [2.45, 2.75) is 13.8 Å². The molecule has 0 heterocycles. The lowest BCUT2D eigenvalue weighted by Gasteiger charge is -2.19. The zero-order chi connectivity index (χ0) is 22.8. The Morgan fingerprint density at radius 3 is 2.00 bits per heavy atom. The van der Waals surface area contributed by atoms with Crippen molar-refractivity contribution in [1.82, 2.24) is 9.80 Å². The summed E-state index contributed by atoms with van der Waals surface area (Å²) in [7, 11) is 3.26. The molecular formula is C23H30N4O4. The standard InChI is InChI=1S/C23H30N4O4/c1-5-27(6-2)23(30)17-8-7-9-19(14-17)25-22(29)16-26(3)15-21(28)24-18-10-12-20(31-4)13-11-18/h7-14H,5-6,15-16H2,1-4H3,(H,24,28)(H,25,29). The molecule has 0 atom stereocenters. The summed E-state index contributed by atoms with van der Waals surface area (Å²) in [6, 6.07) is 13.9. The first-order chi connectivity index (χ1) is 14.9. The number of methoxy groups -OCH3 is 1. The molecule has 0 fully saturated rings. The lowest BCUT2D eigenvalue weighted by molar-refractivity contribution is -0.119. The molecule has 2 aromatic rings. The van der Waals surface area contributed by atoms with Gasteiger partial charge in [0, 0.05) is 30.0 Å². The predicted molar refractivity (Wildman–Crippen MR) is 121 cm³/mol. The third-order valence-corrected chi connectivity index (χ3v) is 4.64. The molecule has 0 saturated carbocycles. The maximum atomic E-state index is 12.5. The molecule has 3 amide bonds. The van der Waals surface area contributed by atoms with Gasteiger partial charge in [0.1, 0.15) is 5.75 Å². The Balaban J connectivity index is 1.86. The van der Waals surface area contributed by atoms with Crippen molar-refractivity contribution in [3.8, 4) is 5.75 Å². The summed E-state index contributed by atoms with van der Waals surface area (Å²) in [5.41, 5.74) is 1.71. The third kappa shape index (κ3) is 7.42. The van der Waals surface area contributed by atoms with Gasteiger partial charge in [-0.15, -0.1) is 0 Å². The summed E-state index contributed by atoms with van der Waals surface area (Å²) < 4.78 is 5.09. The van der Waals surface area contributed by atoms with Crippen LogP contribution in [-0.4, -0.2) is 67.9 Å². The normalized spacial score (nSPS) is 10.5. The Bertz CT molecular complexity index is 895. The summed E-state index contributed by atoms with van der Waals surface area (Å²) >= 11 is 0. The van der Waals surface area contributed by atoms with Crippen LogP contribution in [0.2, 0.25) is 0 Å². The molecule has 0 aromatic heterocycles. The number of carbonyl (C=O) groups is 3. The summed E-state index contributed by atoms with van der Waals surface area (Å²) in [5, 5.41) is 5.56. The van der Waals surface area contributed by atoms with E-state index in [1.54, 1.807) is 72.5 Å². The Labute approximate surface area is 183 Å². The molecule has 0 spiro atoms. The number of carbonyl (C=O) groups excluding carboxylic acids is 3. The highest BCUT2D eigenvalue weighted by Crippen LogP contribution is 2.15. The van der Waals surface area contributed by atoms with E-state index in [-0.39, 0.29) is 30.8 Å². The Kier molecular flexibility index (Phi) is 9.02. The van der Waals surface area contributed by atoms with Crippen LogP contribution in [0, 0.1) is 0 Å². The molecular weight excluding hydrogens is 396 g/mol. The van der Waals surface area contributed by atoms with E-state index in [1.807, 2.05) is 13.8 Å². The van der Waals surface area contributed by atoms with E-state index in [2.05, 4.69) is 10.6 Å². The lowest BCUT2D eigenvalue weighted by atomic mass is 10.1. The first-order valence-corrected chi connectivity index (χ1v) is 10.2. The second-order valence-electron chi connectivity index (χ2n) is 7.06. The number of nitrogens with one attached hydrogen (secondary N) is 2. The van der Waals surface area contributed by atoms with E-state index < -0.39 is 0 Å². The minimum absolute atomic E-state index is 0.0320. The van der Waals surface area contributed by atoms with E-state index in [1.165, 1.54) is 0 Å². The van der Waals surface area contributed by atoms with Crippen molar-refractivity contribution in [2.24, 2.45) is 0 Å². The van der Waals surface area contributed by atoms with Crippen LogP contribution in [-0.2, 0) is 9.59 Å². The molecule has 0 unspecified atom stereocenters. The van der Waals surface area contributed by atoms with Crippen LogP contribution in [0.4, 0.5) is 11.4 Å². The highest BCUT2D eigenvalue weighted by Gasteiger charge is 2.14. The van der Waals surface area contributed by atoms with Gasteiger partial charge in [0.25, 0.3) is 5.91 Å². The van der Waals surface area contributed by atoms with E-state index in [0.717, 1.165) is 0 Å². The molecule has 8 nitrogen and oxygen atoms in total. The maximum Gasteiger partial charge on any atom is 0.253 e. The topological polar surface area (TPSA) is 91.0 Å². The monoisotopic (exact) mass is 426 g/mol. The molecule has 0 aliphatic rings. The van der Waals surface area contributed by atoms with Gasteiger partial charge in [0.15, 0.2) is 0 Å². The van der Waals surface area contributed by atoms with Crippen LogP contribution in [0.5, 0.6) is 5.75 Å². The quantitative estimate of drug-likeness (QED) is 0.610. The molecule has 0 saturated heterocycles. The molecule has 0 radical (unpaired) electrons. The molecule has 0 aliphatic carbocycles. The van der Waals surface area contributed by atoms with Crippen molar-refractivity contribution in [3.63, 3.8) is 0 Å². The van der Waals surface area contributed by atoms with Crippen molar-refractivity contribution in [2.75, 3.05) is 51.0 Å². The van der Waals surface area contributed by atoms with E-state index in [0.29, 0.717) is 35.8 Å². The number of hydrogen-bond acceptors (Lipinski definition) is 5. The molecule has 2 rings (SSSR count). The lowest BCUT2D eigenvalue weighted by Crippen LogP contribution is -2.36. The van der Waals surface area contributed by atoms with E-state index in [4.69, 9.17) is 4.74 Å². The van der Waals surface area contributed by atoms with Crippen molar-refractivity contribution < 1.29 is 19.1 Å². The van der Waals surface area contributed by atoms with Gasteiger partial charge in [-0.3, -0.25) is 19.3 Å². The largest absolute Gasteiger partial charge is 0.497 e. The van der Waals surface area contributed by atoms with E-state index >= 15 is 0 Å². The number of amides is 3. The molecule has 2 aromatic carbocycles. The Hall–Kier alpha value is -3.39. The molecule has 31 heavy (non-hydrogen) atoms. The Morgan fingerprint density at radius 2 is 1.45 bits per heavy atom. The number of ether oxygens (including phenoxy) is 1. The Morgan fingerprint density at radius 1 is 0.871 bits per heavy atom. The summed E-state index contributed by atoms with van der Waals surface area (Å²) in [4.78, 5) is 40.4. The second kappa shape index (κ2) is 11.7. The van der Waals surface area contributed by atoms with Gasteiger partial charge in [0.05, 0.1) is 20.2 Å².